The van der Waals surface area contributed by atoms with E-state index in [9.17, 15) is 5.11 Å². The molecule has 0 amide bonds. The third-order valence-electron chi connectivity index (χ3n) is 2.66. The second kappa shape index (κ2) is 3.71. The van der Waals surface area contributed by atoms with Crippen LogP contribution in [0, 0.1) is 5.92 Å². The number of nitrogens with one attached hydrogen (secondary N) is 1. The largest absolute Gasteiger partial charge is 0.373 e. The fourth-order valence-corrected chi connectivity index (χ4v) is 2.01. The van der Waals surface area contributed by atoms with Gasteiger partial charge in [0.05, 0.1) is 0 Å². The Balaban J connectivity index is 1.89. The number of anilines is 1. The molecule has 0 spiro atoms. The maximum atomic E-state index is 9.72. The molecule has 0 bridgehead atoms. The van der Waals surface area contributed by atoms with Crippen LogP contribution in [0.1, 0.15) is 12.8 Å². The molecule has 0 aliphatic heterocycles. The maximum Gasteiger partial charge on any atom is 0.245 e. The number of aliphatic hydroxyl groups is 1. The number of aliphatic hydroxyl groups excluding tert-OH is 1. The third-order valence-corrected chi connectivity index (χ3v) is 3.26. The van der Waals surface area contributed by atoms with Gasteiger partial charge in [0.25, 0.3) is 0 Å². The number of aromatic nitrogens is 3. The molecule has 0 aromatic carbocycles. The molecule has 2 heterocycles. The molecule has 1 aliphatic rings. The van der Waals surface area contributed by atoms with E-state index in [2.05, 4.69) is 31.3 Å². The molecule has 1 unspecified atom stereocenters. The van der Waals surface area contributed by atoms with Gasteiger partial charge in [-0.2, -0.15) is 4.98 Å². The van der Waals surface area contributed by atoms with Gasteiger partial charge in [-0.05, 0) is 40.9 Å². The summed E-state index contributed by atoms with van der Waals surface area (Å²) in [6.07, 6.45) is 1.62. The number of rotatable bonds is 3. The van der Waals surface area contributed by atoms with Gasteiger partial charge >= 0.3 is 0 Å². The number of hydrogen-bond donors (Lipinski definition) is 2. The van der Waals surface area contributed by atoms with Crippen molar-refractivity contribution in [2.45, 2.75) is 19.1 Å². The van der Waals surface area contributed by atoms with Crippen LogP contribution in [0.15, 0.2) is 22.8 Å². The summed E-state index contributed by atoms with van der Waals surface area (Å²) in [4.78, 5) is 4.27. The lowest BCUT2D eigenvalue weighted by Crippen LogP contribution is -2.21. The van der Waals surface area contributed by atoms with E-state index >= 15 is 0 Å². The Morgan fingerprint density at radius 1 is 1.50 bits per heavy atom. The zero-order chi connectivity index (χ0) is 11.1. The lowest BCUT2D eigenvalue weighted by molar-refractivity contribution is 0.179. The highest BCUT2D eigenvalue weighted by Gasteiger charge is 2.30. The first-order valence-corrected chi connectivity index (χ1v) is 5.99. The second-order valence-electron chi connectivity index (χ2n) is 3.98. The first-order valence-electron chi connectivity index (χ1n) is 5.20. The molecule has 16 heavy (non-hydrogen) atoms. The van der Waals surface area contributed by atoms with E-state index in [-0.39, 0.29) is 0 Å². The fourth-order valence-electron chi connectivity index (χ4n) is 1.60. The second-order valence-corrected chi connectivity index (χ2v) is 4.79. The average Bonchev–Trinajstić information content (AvgIpc) is 3.01. The summed E-state index contributed by atoms with van der Waals surface area (Å²) in [6.45, 7) is 0. The van der Waals surface area contributed by atoms with E-state index in [1.807, 2.05) is 18.2 Å². The Morgan fingerprint density at radius 2 is 2.31 bits per heavy atom. The Kier molecular flexibility index (Phi) is 2.33. The van der Waals surface area contributed by atoms with Crippen molar-refractivity contribution in [3.63, 3.8) is 0 Å². The molecule has 1 fully saturated rings. The quantitative estimate of drug-likeness (QED) is 0.664. The highest BCUT2D eigenvalue weighted by atomic mass is 79.9. The van der Waals surface area contributed by atoms with Crippen LogP contribution in [0.5, 0.6) is 0 Å². The molecule has 6 heteroatoms. The van der Waals surface area contributed by atoms with Gasteiger partial charge in [0.1, 0.15) is 10.8 Å². The molecule has 2 aromatic heterocycles. The molecule has 0 radical (unpaired) electrons. The summed E-state index contributed by atoms with van der Waals surface area (Å²) < 4.78 is 2.52. The lowest BCUT2D eigenvalue weighted by Gasteiger charge is -2.08. The summed E-state index contributed by atoms with van der Waals surface area (Å²) in [5, 5.41) is 16.9. The Labute approximate surface area is 101 Å². The van der Waals surface area contributed by atoms with Crippen molar-refractivity contribution in [2.24, 2.45) is 5.92 Å². The topological polar surface area (TPSA) is 62.5 Å². The highest BCUT2D eigenvalue weighted by Crippen LogP contribution is 2.32. The predicted octanol–water partition coefficient (Wildman–Crippen LogP) is 1.63. The number of pyridine rings is 1. The van der Waals surface area contributed by atoms with Gasteiger partial charge in [0.15, 0.2) is 5.65 Å². The molecule has 1 atom stereocenters. The van der Waals surface area contributed by atoms with Gasteiger partial charge < -0.3 is 10.4 Å². The standard InChI is InChI=1S/C10H11BrN4O/c11-7-2-1-3-8-12-10(14-15(7)8)13-9(16)6-4-5-6/h1-3,6,9,16H,4-5H2,(H,13,14). The molecule has 3 rings (SSSR count). The van der Waals surface area contributed by atoms with E-state index < -0.39 is 6.23 Å². The number of hydrogen-bond acceptors (Lipinski definition) is 4. The highest BCUT2D eigenvalue weighted by molar-refractivity contribution is 9.10. The van der Waals surface area contributed by atoms with Gasteiger partial charge in [-0.25, -0.2) is 4.52 Å². The first kappa shape index (κ1) is 10.0. The van der Waals surface area contributed by atoms with Crippen LogP contribution < -0.4 is 5.32 Å². The zero-order valence-corrected chi connectivity index (χ0v) is 10.1. The average molecular weight is 283 g/mol. The molecule has 5 nitrogen and oxygen atoms in total. The van der Waals surface area contributed by atoms with Gasteiger partial charge in [-0.1, -0.05) is 6.07 Å². The SMILES string of the molecule is OC(Nc1nc2cccc(Br)n2n1)C1CC1. The van der Waals surface area contributed by atoms with Crippen LogP contribution in [-0.2, 0) is 0 Å². The van der Waals surface area contributed by atoms with E-state index in [4.69, 9.17) is 0 Å². The lowest BCUT2D eigenvalue weighted by atomic mass is 10.4. The van der Waals surface area contributed by atoms with Gasteiger partial charge in [0, 0.05) is 5.92 Å². The zero-order valence-electron chi connectivity index (χ0n) is 8.47. The summed E-state index contributed by atoms with van der Waals surface area (Å²) in [7, 11) is 0. The summed E-state index contributed by atoms with van der Waals surface area (Å²) >= 11 is 3.39. The van der Waals surface area contributed by atoms with E-state index in [0.29, 0.717) is 11.9 Å². The molecule has 2 N–H and O–H groups in total. The first-order chi connectivity index (χ1) is 7.74. The normalized spacial score (nSPS) is 17.6. The number of halogens is 1. The van der Waals surface area contributed by atoms with E-state index in [0.717, 1.165) is 23.1 Å². The Bertz CT molecular complexity index is 523. The number of fused-ring (bicyclic) bond motifs is 1. The molecule has 84 valence electrons. The number of nitrogens with zero attached hydrogens (tertiary/aromatic N) is 3. The van der Waals surface area contributed by atoms with Gasteiger partial charge in [0.2, 0.25) is 5.95 Å². The van der Waals surface area contributed by atoms with Gasteiger partial charge in [-0.15, -0.1) is 5.10 Å². The van der Waals surface area contributed by atoms with Crippen molar-refractivity contribution in [3.05, 3.63) is 22.8 Å². The fraction of sp³-hybridized carbons (Fsp3) is 0.400. The van der Waals surface area contributed by atoms with Crippen LogP contribution in [0.25, 0.3) is 5.65 Å². The molecule has 1 aliphatic carbocycles. The van der Waals surface area contributed by atoms with Crippen molar-refractivity contribution in [2.75, 3.05) is 5.32 Å². The monoisotopic (exact) mass is 282 g/mol. The van der Waals surface area contributed by atoms with Crippen LogP contribution in [0.3, 0.4) is 0 Å². The molecule has 0 saturated heterocycles. The Hall–Kier alpha value is -1.14. The van der Waals surface area contributed by atoms with Gasteiger partial charge in [-0.3, -0.25) is 0 Å². The maximum absolute atomic E-state index is 9.72. The van der Waals surface area contributed by atoms with Crippen LogP contribution >= 0.6 is 15.9 Å². The van der Waals surface area contributed by atoms with Crippen LogP contribution in [0.2, 0.25) is 0 Å². The van der Waals surface area contributed by atoms with E-state index in [1.165, 1.54) is 0 Å². The third kappa shape index (κ3) is 1.78. The van der Waals surface area contributed by atoms with Crippen molar-refractivity contribution in [3.8, 4) is 0 Å². The minimum Gasteiger partial charge on any atom is -0.373 e. The summed E-state index contributed by atoms with van der Waals surface area (Å²) in [5.74, 6) is 0.821. The molecule has 1 saturated carbocycles. The van der Waals surface area contributed by atoms with Crippen molar-refractivity contribution >= 4 is 27.5 Å². The molecular weight excluding hydrogens is 272 g/mol. The summed E-state index contributed by atoms with van der Waals surface area (Å²) in [6, 6.07) is 5.66. The van der Waals surface area contributed by atoms with Crippen molar-refractivity contribution in [1.82, 2.24) is 14.6 Å². The molecular formula is C10H11BrN4O. The van der Waals surface area contributed by atoms with Crippen LogP contribution in [-0.4, -0.2) is 25.9 Å². The van der Waals surface area contributed by atoms with Crippen molar-refractivity contribution < 1.29 is 5.11 Å². The van der Waals surface area contributed by atoms with Crippen molar-refractivity contribution in [1.29, 1.82) is 0 Å². The summed E-state index contributed by atoms with van der Waals surface area (Å²) in [5.41, 5.74) is 0.750. The van der Waals surface area contributed by atoms with E-state index in [1.54, 1.807) is 4.52 Å². The van der Waals surface area contributed by atoms with Crippen LogP contribution in [0.4, 0.5) is 5.95 Å². The minimum absolute atomic E-state index is 0.357. The molecule has 2 aromatic rings. The minimum atomic E-state index is -0.531. The Morgan fingerprint density at radius 3 is 3.00 bits per heavy atom. The smallest absolute Gasteiger partial charge is 0.245 e. The predicted molar refractivity (Wildman–Crippen MR) is 63.0 cm³/mol.